The van der Waals surface area contributed by atoms with Gasteiger partial charge >= 0.3 is 5.97 Å². The molecule has 0 fully saturated rings. The van der Waals surface area contributed by atoms with Gasteiger partial charge in [0.15, 0.2) is 0 Å². The Bertz CT molecular complexity index is 650. The summed E-state index contributed by atoms with van der Waals surface area (Å²) < 4.78 is 5.63. The Morgan fingerprint density at radius 1 is 1.15 bits per heavy atom. The van der Waals surface area contributed by atoms with Crippen LogP contribution >= 0.6 is 0 Å². The van der Waals surface area contributed by atoms with Gasteiger partial charge in [0.25, 0.3) is 0 Å². The molecule has 0 saturated carbocycles. The van der Waals surface area contributed by atoms with E-state index in [2.05, 4.69) is 19.9 Å². The molecule has 0 aliphatic heterocycles. The SMILES string of the molecule is Cc1ccc(COc2ccc(C(=O)O)cc2N)cc1C. The molecule has 0 unspecified atom stereocenters. The first-order chi connectivity index (χ1) is 9.47. The Morgan fingerprint density at radius 2 is 1.90 bits per heavy atom. The number of hydrogen-bond acceptors (Lipinski definition) is 3. The van der Waals surface area contributed by atoms with Crippen LogP contribution in [0.4, 0.5) is 5.69 Å². The fourth-order valence-corrected chi connectivity index (χ4v) is 1.87. The summed E-state index contributed by atoms with van der Waals surface area (Å²) in [6, 6.07) is 10.6. The lowest BCUT2D eigenvalue weighted by Gasteiger charge is -2.10. The topological polar surface area (TPSA) is 72.5 Å². The number of benzene rings is 2. The van der Waals surface area contributed by atoms with Crippen molar-refractivity contribution in [1.82, 2.24) is 0 Å². The molecule has 0 spiro atoms. The third kappa shape index (κ3) is 3.09. The van der Waals surface area contributed by atoms with E-state index in [1.165, 1.54) is 23.3 Å². The number of aromatic carboxylic acids is 1. The van der Waals surface area contributed by atoms with E-state index in [4.69, 9.17) is 15.6 Å². The first-order valence-corrected chi connectivity index (χ1v) is 6.29. The fourth-order valence-electron chi connectivity index (χ4n) is 1.87. The number of hydrogen-bond donors (Lipinski definition) is 2. The summed E-state index contributed by atoms with van der Waals surface area (Å²) in [5.74, 6) is -0.509. The molecule has 20 heavy (non-hydrogen) atoms. The molecule has 2 aromatic carbocycles. The Kier molecular flexibility index (Phi) is 3.94. The Hall–Kier alpha value is -2.49. The van der Waals surface area contributed by atoms with Crippen molar-refractivity contribution in [2.45, 2.75) is 20.5 Å². The predicted molar refractivity (Wildman–Crippen MR) is 78.1 cm³/mol. The number of aryl methyl sites for hydroxylation is 2. The van der Waals surface area contributed by atoms with Gasteiger partial charge in [-0.1, -0.05) is 18.2 Å². The highest BCUT2D eigenvalue weighted by Crippen LogP contribution is 2.24. The van der Waals surface area contributed by atoms with Gasteiger partial charge in [-0.3, -0.25) is 0 Å². The van der Waals surface area contributed by atoms with Gasteiger partial charge in [0.1, 0.15) is 12.4 Å². The van der Waals surface area contributed by atoms with Crippen molar-refractivity contribution in [2.24, 2.45) is 0 Å². The molecular formula is C16H17NO3. The van der Waals surface area contributed by atoms with Crippen molar-refractivity contribution < 1.29 is 14.6 Å². The summed E-state index contributed by atoms with van der Waals surface area (Å²) in [6.45, 7) is 4.51. The summed E-state index contributed by atoms with van der Waals surface area (Å²) in [6.07, 6.45) is 0. The monoisotopic (exact) mass is 271 g/mol. The lowest BCUT2D eigenvalue weighted by atomic mass is 10.1. The van der Waals surface area contributed by atoms with Crippen LogP contribution in [0.2, 0.25) is 0 Å². The van der Waals surface area contributed by atoms with Crippen LogP contribution in [0.1, 0.15) is 27.0 Å². The largest absolute Gasteiger partial charge is 0.487 e. The van der Waals surface area contributed by atoms with Crippen LogP contribution in [0.25, 0.3) is 0 Å². The molecular weight excluding hydrogens is 254 g/mol. The van der Waals surface area contributed by atoms with Gasteiger partial charge < -0.3 is 15.6 Å². The molecule has 0 amide bonds. The Morgan fingerprint density at radius 3 is 2.50 bits per heavy atom. The summed E-state index contributed by atoms with van der Waals surface area (Å²) in [4.78, 5) is 10.8. The number of carboxylic acid groups (broad SMARTS) is 1. The molecule has 0 aromatic heterocycles. The second kappa shape index (κ2) is 5.65. The minimum absolute atomic E-state index is 0.154. The minimum atomic E-state index is -1.00. The molecule has 0 aliphatic carbocycles. The first-order valence-electron chi connectivity index (χ1n) is 6.29. The molecule has 0 aliphatic rings. The number of nitrogen functional groups attached to an aromatic ring is 1. The van der Waals surface area contributed by atoms with E-state index in [9.17, 15) is 4.79 Å². The molecule has 0 bridgehead atoms. The predicted octanol–water partition coefficient (Wildman–Crippen LogP) is 3.16. The molecule has 0 heterocycles. The standard InChI is InChI=1S/C16H17NO3/c1-10-3-4-12(7-11(10)2)9-20-15-6-5-13(16(18)19)8-14(15)17/h3-8H,9,17H2,1-2H3,(H,18,19). The maximum absolute atomic E-state index is 10.8. The van der Waals surface area contributed by atoms with Crippen molar-refractivity contribution in [3.05, 3.63) is 58.7 Å². The van der Waals surface area contributed by atoms with Crippen LogP contribution in [0, 0.1) is 13.8 Å². The zero-order chi connectivity index (χ0) is 14.7. The van der Waals surface area contributed by atoms with Crippen LogP contribution in [-0.4, -0.2) is 11.1 Å². The summed E-state index contributed by atoms with van der Waals surface area (Å²) >= 11 is 0. The van der Waals surface area contributed by atoms with Crippen molar-refractivity contribution in [3.63, 3.8) is 0 Å². The van der Waals surface area contributed by atoms with Crippen LogP contribution in [-0.2, 0) is 6.61 Å². The Balaban J connectivity index is 2.10. The minimum Gasteiger partial charge on any atom is -0.487 e. The maximum Gasteiger partial charge on any atom is 0.335 e. The lowest BCUT2D eigenvalue weighted by Crippen LogP contribution is -2.02. The van der Waals surface area contributed by atoms with Gasteiger partial charge in [-0.05, 0) is 48.7 Å². The number of nitrogens with two attached hydrogens (primary N) is 1. The number of carboxylic acids is 1. The van der Waals surface area contributed by atoms with E-state index in [1.807, 2.05) is 12.1 Å². The molecule has 4 heteroatoms. The van der Waals surface area contributed by atoms with Crippen molar-refractivity contribution >= 4 is 11.7 Å². The Labute approximate surface area is 117 Å². The van der Waals surface area contributed by atoms with Gasteiger partial charge in [-0.15, -0.1) is 0 Å². The van der Waals surface area contributed by atoms with Gasteiger partial charge in [-0.25, -0.2) is 4.79 Å². The first kappa shape index (κ1) is 13.9. The van der Waals surface area contributed by atoms with E-state index in [0.29, 0.717) is 18.0 Å². The number of carbonyl (C=O) groups is 1. The normalized spacial score (nSPS) is 10.3. The van der Waals surface area contributed by atoms with Crippen LogP contribution in [0.3, 0.4) is 0 Å². The average molecular weight is 271 g/mol. The molecule has 104 valence electrons. The van der Waals surface area contributed by atoms with E-state index in [1.54, 1.807) is 6.07 Å². The molecule has 0 atom stereocenters. The summed E-state index contributed by atoms with van der Waals surface area (Å²) in [7, 11) is 0. The average Bonchev–Trinajstić information content (AvgIpc) is 2.41. The third-order valence-electron chi connectivity index (χ3n) is 3.22. The molecule has 2 aromatic rings. The van der Waals surface area contributed by atoms with Gasteiger partial charge in [0, 0.05) is 0 Å². The molecule has 4 nitrogen and oxygen atoms in total. The van der Waals surface area contributed by atoms with Crippen LogP contribution < -0.4 is 10.5 Å². The quantitative estimate of drug-likeness (QED) is 0.838. The van der Waals surface area contributed by atoms with E-state index in [-0.39, 0.29) is 5.56 Å². The highest BCUT2D eigenvalue weighted by Gasteiger charge is 2.07. The van der Waals surface area contributed by atoms with Gasteiger partial charge in [0.05, 0.1) is 11.3 Å². The highest BCUT2D eigenvalue weighted by atomic mass is 16.5. The van der Waals surface area contributed by atoms with E-state index < -0.39 is 5.97 Å². The summed E-state index contributed by atoms with van der Waals surface area (Å²) in [5, 5.41) is 8.87. The molecule has 0 saturated heterocycles. The lowest BCUT2D eigenvalue weighted by molar-refractivity contribution is 0.0697. The van der Waals surface area contributed by atoms with Crippen LogP contribution in [0.5, 0.6) is 5.75 Å². The van der Waals surface area contributed by atoms with Crippen molar-refractivity contribution in [3.8, 4) is 5.75 Å². The second-order valence-electron chi connectivity index (χ2n) is 4.77. The van der Waals surface area contributed by atoms with E-state index >= 15 is 0 Å². The second-order valence-corrected chi connectivity index (χ2v) is 4.77. The maximum atomic E-state index is 10.8. The zero-order valence-corrected chi connectivity index (χ0v) is 11.5. The highest BCUT2D eigenvalue weighted by molar-refractivity contribution is 5.89. The van der Waals surface area contributed by atoms with E-state index in [0.717, 1.165) is 5.56 Å². The number of ether oxygens (including phenoxy) is 1. The number of rotatable bonds is 4. The molecule has 3 N–H and O–H groups in total. The number of anilines is 1. The zero-order valence-electron chi connectivity index (χ0n) is 11.5. The third-order valence-corrected chi connectivity index (χ3v) is 3.22. The van der Waals surface area contributed by atoms with Crippen LogP contribution in [0.15, 0.2) is 36.4 Å². The smallest absolute Gasteiger partial charge is 0.335 e. The van der Waals surface area contributed by atoms with Crippen molar-refractivity contribution in [2.75, 3.05) is 5.73 Å². The fraction of sp³-hybridized carbons (Fsp3) is 0.188. The molecule has 0 radical (unpaired) electrons. The van der Waals surface area contributed by atoms with Gasteiger partial charge in [0.2, 0.25) is 0 Å². The summed E-state index contributed by atoms with van der Waals surface area (Å²) in [5.41, 5.74) is 9.76. The van der Waals surface area contributed by atoms with Gasteiger partial charge in [-0.2, -0.15) is 0 Å². The van der Waals surface area contributed by atoms with Crippen molar-refractivity contribution in [1.29, 1.82) is 0 Å². The molecule has 2 rings (SSSR count).